The molecule has 2 aliphatic rings. The topological polar surface area (TPSA) is 98.2 Å². The second kappa shape index (κ2) is 8.37. The maximum Gasteiger partial charge on any atom is 0.257 e. The highest BCUT2D eigenvalue weighted by molar-refractivity contribution is 7.91. The van der Waals surface area contributed by atoms with E-state index in [1.807, 2.05) is 0 Å². The van der Waals surface area contributed by atoms with Gasteiger partial charge in [0.25, 0.3) is 15.9 Å². The van der Waals surface area contributed by atoms with E-state index in [1.165, 1.54) is 10.4 Å². The summed E-state index contributed by atoms with van der Waals surface area (Å²) in [6.45, 7) is 1.68. The van der Waals surface area contributed by atoms with Crippen LogP contribution in [0.25, 0.3) is 0 Å². The molecule has 1 N–H and O–H groups in total. The molecular formula is C20H23N3O5S2. The third kappa shape index (κ3) is 3.82. The summed E-state index contributed by atoms with van der Waals surface area (Å²) in [6.07, 6.45) is 1.15. The molecule has 1 atom stereocenters. The molecule has 2 aromatic rings. The van der Waals surface area contributed by atoms with E-state index in [4.69, 9.17) is 0 Å². The van der Waals surface area contributed by atoms with Gasteiger partial charge in [0.15, 0.2) is 0 Å². The molecule has 8 nitrogen and oxygen atoms in total. The smallest absolute Gasteiger partial charge is 0.257 e. The van der Waals surface area contributed by atoms with E-state index in [9.17, 15) is 23.1 Å². The van der Waals surface area contributed by atoms with E-state index < -0.39 is 16.1 Å². The van der Waals surface area contributed by atoms with Gasteiger partial charge in [-0.1, -0.05) is 18.2 Å². The lowest BCUT2D eigenvalue weighted by Gasteiger charge is -2.37. The van der Waals surface area contributed by atoms with Gasteiger partial charge in [0.1, 0.15) is 16.0 Å². The molecule has 1 aromatic carbocycles. The number of phenols is 1. The SMILES string of the molecule is O=C(c1ccccc1O)N1CCN(C(=O)C2CCCN2S(=O)(=O)c2cccs2)CC1. The second-order valence-corrected chi connectivity index (χ2v) is 10.4. The van der Waals surface area contributed by atoms with Crippen molar-refractivity contribution in [3.8, 4) is 5.75 Å². The van der Waals surface area contributed by atoms with Crippen LogP contribution in [0.15, 0.2) is 46.0 Å². The zero-order valence-electron chi connectivity index (χ0n) is 16.3. The Balaban J connectivity index is 1.42. The second-order valence-electron chi connectivity index (χ2n) is 7.34. The van der Waals surface area contributed by atoms with Crippen LogP contribution >= 0.6 is 11.3 Å². The van der Waals surface area contributed by atoms with Gasteiger partial charge in [0, 0.05) is 32.7 Å². The Morgan fingerprint density at radius 2 is 1.67 bits per heavy atom. The summed E-state index contributed by atoms with van der Waals surface area (Å²) in [5, 5.41) is 11.6. The highest BCUT2D eigenvalue weighted by Gasteiger charge is 2.42. The first-order valence-corrected chi connectivity index (χ1v) is 12.1. The van der Waals surface area contributed by atoms with Crippen LogP contribution in [0.2, 0.25) is 0 Å². The van der Waals surface area contributed by atoms with E-state index in [0.29, 0.717) is 45.6 Å². The molecule has 1 aromatic heterocycles. The zero-order valence-corrected chi connectivity index (χ0v) is 17.9. The van der Waals surface area contributed by atoms with Gasteiger partial charge < -0.3 is 14.9 Å². The van der Waals surface area contributed by atoms with Crippen molar-refractivity contribution in [2.45, 2.75) is 23.1 Å². The van der Waals surface area contributed by atoms with E-state index >= 15 is 0 Å². The van der Waals surface area contributed by atoms with Crippen LogP contribution in [-0.4, -0.2) is 78.2 Å². The third-order valence-electron chi connectivity index (χ3n) is 5.56. The molecule has 3 heterocycles. The number of carbonyl (C=O) groups excluding carboxylic acids is 2. The van der Waals surface area contributed by atoms with Crippen LogP contribution in [0.1, 0.15) is 23.2 Å². The number of amides is 2. The Hall–Kier alpha value is -2.43. The number of piperazine rings is 1. The van der Waals surface area contributed by atoms with E-state index in [2.05, 4.69) is 0 Å². The van der Waals surface area contributed by atoms with Gasteiger partial charge in [-0.2, -0.15) is 4.31 Å². The summed E-state index contributed by atoms with van der Waals surface area (Å²) in [5.41, 5.74) is 0.237. The van der Waals surface area contributed by atoms with Crippen molar-refractivity contribution in [1.29, 1.82) is 0 Å². The summed E-state index contributed by atoms with van der Waals surface area (Å²) in [6, 6.07) is 8.93. The number of hydrogen-bond donors (Lipinski definition) is 1. The maximum atomic E-state index is 13.1. The number of benzene rings is 1. The Morgan fingerprint density at radius 1 is 0.967 bits per heavy atom. The van der Waals surface area contributed by atoms with Gasteiger partial charge in [-0.15, -0.1) is 11.3 Å². The molecule has 2 saturated heterocycles. The van der Waals surface area contributed by atoms with Gasteiger partial charge in [-0.25, -0.2) is 8.42 Å². The normalized spacial score (nSPS) is 20.5. The van der Waals surface area contributed by atoms with Crippen molar-refractivity contribution in [3.63, 3.8) is 0 Å². The number of rotatable bonds is 4. The number of sulfonamides is 1. The minimum atomic E-state index is -3.68. The summed E-state index contributed by atoms with van der Waals surface area (Å²) in [4.78, 5) is 29.0. The molecule has 2 fully saturated rings. The van der Waals surface area contributed by atoms with Gasteiger partial charge in [0.05, 0.1) is 5.56 Å². The Kier molecular flexibility index (Phi) is 5.81. The predicted octanol–water partition coefficient (Wildman–Crippen LogP) is 1.59. The first-order valence-electron chi connectivity index (χ1n) is 9.81. The average Bonchev–Trinajstić information content (AvgIpc) is 3.46. The lowest BCUT2D eigenvalue weighted by Crippen LogP contribution is -2.55. The Bertz CT molecular complexity index is 1030. The molecule has 2 aliphatic heterocycles. The fourth-order valence-electron chi connectivity index (χ4n) is 3.97. The van der Waals surface area contributed by atoms with E-state index in [-0.39, 0.29) is 27.3 Å². The van der Waals surface area contributed by atoms with Crippen molar-refractivity contribution in [2.24, 2.45) is 0 Å². The third-order valence-corrected chi connectivity index (χ3v) is 8.84. The number of para-hydroxylation sites is 1. The molecular weight excluding hydrogens is 426 g/mol. The van der Waals surface area contributed by atoms with Crippen LogP contribution in [0.4, 0.5) is 0 Å². The first kappa shape index (κ1) is 20.8. The molecule has 0 aliphatic carbocycles. The fraction of sp³-hybridized carbons (Fsp3) is 0.400. The average molecular weight is 450 g/mol. The highest BCUT2D eigenvalue weighted by atomic mass is 32.2. The van der Waals surface area contributed by atoms with Crippen molar-refractivity contribution in [2.75, 3.05) is 32.7 Å². The standard InChI is InChI=1S/C20H23N3O5S2/c24-17-7-2-1-5-15(17)19(25)21-10-12-22(13-11-21)20(26)16-6-3-9-23(16)30(27,28)18-8-4-14-29-18/h1-2,4-5,7-8,14,16,24H,3,6,9-13H2. The van der Waals surface area contributed by atoms with Gasteiger partial charge in [-0.3, -0.25) is 9.59 Å². The monoisotopic (exact) mass is 449 g/mol. The van der Waals surface area contributed by atoms with Crippen molar-refractivity contribution in [3.05, 3.63) is 47.3 Å². The summed E-state index contributed by atoms with van der Waals surface area (Å²) in [5.74, 6) is -0.549. The molecule has 160 valence electrons. The predicted molar refractivity (Wildman–Crippen MR) is 112 cm³/mol. The molecule has 0 bridgehead atoms. The van der Waals surface area contributed by atoms with Crippen LogP contribution in [-0.2, 0) is 14.8 Å². The molecule has 4 rings (SSSR count). The molecule has 2 amide bonds. The number of aromatic hydroxyl groups is 1. The van der Waals surface area contributed by atoms with Crippen LogP contribution in [0.5, 0.6) is 5.75 Å². The maximum absolute atomic E-state index is 13.1. The first-order chi connectivity index (χ1) is 14.4. The highest BCUT2D eigenvalue weighted by Crippen LogP contribution is 2.30. The fourth-order valence-corrected chi connectivity index (χ4v) is 6.74. The molecule has 1 unspecified atom stereocenters. The van der Waals surface area contributed by atoms with Crippen LogP contribution in [0, 0.1) is 0 Å². The largest absolute Gasteiger partial charge is 0.507 e. The molecule has 0 saturated carbocycles. The number of thiophene rings is 1. The van der Waals surface area contributed by atoms with Crippen molar-refractivity contribution in [1.82, 2.24) is 14.1 Å². The lowest BCUT2D eigenvalue weighted by atomic mass is 10.1. The minimum Gasteiger partial charge on any atom is -0.507 e. The van der Waals surface area contributed by atoms with Crippen LogP contribution in [0.3, 0.4) is 0 Å². The van der Waals surface area contributed by atoms with E-state index in [1.54, 1.807) is 45.5 Å². The number of phenolic OH excluding ortho intramolecular Hbond substituents is 1. The molecule has 10 heteroatoms. The quantitative estimate of drug-likeness (QED) is 0.764. The molecule has 30 heavy (non-hydrogen) atoms. The number of carbonyl (C=O) groups is 2. The van der Waals surface area contributed by atoms with Gasteiger partial charge in [0.2, 0.25) is 5.91 Å². The molecule has 0 spiro atoms. The lowest BCUT2D eigenvalue weighted by molar-refractivity contribution is -0.136. The van der Waals surface area contributed by atoms with Gasteiger partial charge in [-0.05, 0) is 36.4 Å². The summed E-state index contributed by atoms with van der Waals surface area (Å²) in [7, 11) is -3.68. The van der Waals surface area contributed by atoms with Crippen molar-refractivity contribution < 1.29 is 23.1 Å². The number of hydrogen-bond acceptors (Lipinski definition) is 6. The van der Waals surface area contributed by atoms with E-state index in [0.717, 1.165) is 11.3 Å². The zero-order chi connectivity index (χ0) is 21.3. The number of nitrogens with zero attached hydrogens (tertiary/aromatic N) is 3. The molecule has 0 radical (unpaired) electrons. The summed E-state index contributed by atoms with van der Waals surface area (Å²) < 4.78 is 27.4. The summed E-state index contributed by atoms with van der Waals surface area (Å²) >= 11 is 1.15. The van der Waals surface area contributed by atoms with Gasteiger partial charge >= 0.3 is 0 Å². The Morgan fingerprint density at radius 3 is 2.33 bits per heavy atom. The Labute approximate surface area is 179 Å². The van der Waals surface area contributed by atoms with Crippen LogP contribution < -0.4 is 0 Å². The minimum absolute atomic E-state index is 0.0682. The van der Waals surface area contributed by atoms with Crippen molar-refractivity contribution >= 4 is 33.2 Å².